The van der Waals surface area contributed by atoms with Gasteiger partial charge in [0.2, 0.25) is 0 Å². The molecule has 21 heavy (non-hydrogen) atoms. The largest absolute Gasteiger partial charge is 0.494 e. The molecule has 1 saturated carbocycles. The first kappa shape index (κ1) is 16.3. The van der Waals surface area contributed by atoms with E-state index in [0.29, 0.717) is 13.2 Å². The first-order valence-corrected chi connectivity index (χ1v) is 7.96. The third-order valence-corrected chi connectivity index (χ3v) is 3.97. The second kappa shape index (κ2) is 8.37. The number of nitrogens with two attached hydrogens (primary N) is 1. The summed E-state index contributed by atoms with van der Waals surface area (Å²) >= 11 is 0. The van der Waals surface area contributed by atoms with E-state index in [2.05, 4.69) is 18.0 Å². The van der Waals surface area contributed by atoms with Crippen molar-refractivity contribution in [3.63, 3.8) is 0 Å². The Balaban J connectivity index is 1.90. The van der Waals surface area contributed by atoms with Crippen LogP contribution < -0.4 is 10.5 Å². The molecule has 1 aromatic rings. The van der Waals surface area contributed by atoms with Gasteiger partial charge in [0.15, 0.2) is 0 Å². The van der Waals surface area contributed by atoms with Crippen molar-refractivity contribution in [3.05, 3.63) is 29.8 Å². The van der Waals surface area contributed by atoms with Crippen molar-refractivity contribution in [2.45, 2.75) is 25.8 Å². The van der Waals surface area contributed by atoms with Crippen LogP contribution in [0.2, 0.25) is 0 Å². The molecule has 0 amide bonds. The predicted molar refractivity (Wildman–Crippen MR) is 85.6 cm³/mol. The Bertz CT molecular complexity index is 421. The Morgan fingerprint density at radius 1 is 1.33 bits per heavy atom. The predicted octanol–water partition coefficient (Wildman–Crippen LogP) is 2.44. The van der Waals surface area contributed by atoms with Gasteiger partial charge in [0, 0.05) is 25.3 Å². The van der Waals surface area contributed by atoms with Crippen LogP contribution in [-0.4, -0.2) is 44.9 Å². The molecule has 1 unspecified atom stereocenters. The molecule has 4 nitrogen and oxygen atoms in total. The lowest BCUT2D eigenvalue weighted by molar-refractivity contribution is 0.0917. The molecule has 1 aliphatic rings. The monoisotopic (exact) mass is 292 g/mol. The molecule has 1 atom stereocenters. The molecule has 0 bridgehead atoms. The van der Waals surface area contributed by atoms with Crippen LogP contribution in [0.3, 0.4) is 0 Å². The van der Waals surface area contributed by atoms with Crippen LogP contribution in [0.25, 0.3) is 0 Å². The van der Waals surface area contributed by atoms with Crippen molar-refractivity contribution < 1.29 is 9.47 Å². The summed E-state index contributed by atoms with van der Waals surface area (Å²) in [5, 5.41) is 0. The van der Waals surface area contributed by atoms with E-state index in [-0.39, 0.29) is 6.04 Å². The second-order valence-corrected chi connectivity index (χ2v) is 5.72. The minimum atomic E-state index is 0.164. The summed E-state index contributed by atoms with van der Waals surface area (Å²) in [5.74, 6) is 1.75. The average Bonchev–Trinajstić information content (AvgIpc) is 3.31. The van der Waals surface area contributed by atoms with Gasteiger partial charge in [0.1, 0.15) is 5.75 Å². The third kappa shape index (κ3) is 4.99. The zero-order chi connectivity index (χ0) is 15.1. The van der Waals surface area contributed by atoms with Crippen molar-refractivity contribution in [1.82, 2.24) is 4.90 Å². The lowest BCUT2D eigenvalue weighted by Crippen LogP contribution is -2.33. The van der Waals surface area contributed by atoms with E-state index in [4.69, 9.17) is 15.2 Å². The zero-order valence-corrected chi connectivity index (χ0v) is 13.3. The number of nitrogens with zero attached hydrogens (tertiary/aromatic N) is 1. The van der Waals surface area contributed by atoms with Gasteiger partial charge in [-0.05, 0) is 38.8 Å². The molecule has 0 spiro atoms. The minimum absolute atomic E-state index is 0.164. The highest BCUT2D eigenvalue weighted by molar-refractivity contribution is 5.36. The number of benzene rings is 1. The van der Waals surface area contributed by atoms with Crippen molar-refractivity contribution >= 4 is 0 Å². The lowest BCUT2D eigenvalue weighted by atomic mass is 10.0. The molecule has 1 fully saturated rings. The molecule has 118 valence electrons. The number of para-hydroxylation sites is 1. The van der Waals surface area contributed by atoms with Crippen LogP contribution in [0.1, 0.15) is 31.4 Å². The molecule has 2 rings (SSSR count). The van der Waals surface area contributed by atoms with Crippen LogP contribution in [-0.2, 0) is 4.74 Å². The summed E-state index contributed by atoms with van der Waals surface area (Å²) in [5.41, 5.74) is 7.15. The first-order valence-electron chi connectivity index (χ1n) is 7.96. The normalized spacial score (nSPS) is 16.2. The summed E-state index contributed by atoms with van der Waals surface area (Å²) < 4.78 is 11.4. The number of likely N-dealkylation sites (N-methyl/N-ethyl adjacent to an activating group) is 1. The van der Waals surface area contributed by atoms with Gasteiger partial charge in [-0.25, -0.2) is 0 Å². The molecule has 0 heterocycles. The quantitative estimate of drug-likeness (QED) is 0.673. The molecule has 1 aromatic carbocycles. The molecular formula is C17H28N2O2. The molecule has 0 radical (unpaired) electrons. The summed E-state index contributed by atoms with van der Waals surface area (Å²) in [6.45, 7) is 5.81. The lowest BCUT2D eigenvalue weighted by Gasteiger charge is -2.28. The highest BCUT2D eigenvalue weighted by Crippen LogP contribution is 2.29. The van der Waals surface area contributed by atoms with Gasteiger partial charge in [-0.1, -0.05) is 18.2 Å². The van der Waals surface area contributed by atoms with E-state index in [0.717, 1.165) is 37.0 Å². The van der Waals surface area contributed by atoms with Gasteiger partial charge >= 0.3 is 0 Å². The van der Waals surface area contributed by atoms with Crippen molar-refractivity contribution in [1.29, 1.82) is 0 Å². The van der Waals surface area contributed by atoms with E-state index in [1.165, 1.54) is 12.8 Å². The van der Waals surface area contributed by atoms with Gasteiger partial charge < -0.3 is 15.2 Å². The minimum Gasteiger partial charge on any atom is -0.494 e. The molecule has 4 heteroatoms. The Kier molecular flexibility index (Phi) is 6.49. The number of rotatable bonds is 10. The van der Waals surface area contributed by atoms with E-state index in [1.54, 1.807) is 0 Å². The SMILES string of the molecule is CCOc1ccccc1C(CN)N(C)CCOCC1CC1. The van der Waals surface area contributed by atoms with Gasteiger partial charge in [-0.15, -0.1) is 0 Å². The Labute approximate surface area is 128 Å². The van der Waals surface area contributed by atoms with Gasteiger partial charge in [-0.3, -0.25) is 4.90 Å². The molecule has 0 aliphatic heterocycles. The van der Waals surface area contributed by atoms with Crippen molar-refractivity contribution in [3.8, 4) is 5.75 Å². The van der Waals surface area contributed by atoms with E-state index >= 15 is 0 Å². The summed E-state index contributed by atoms with van der Waals surface area (Å²) in [4.78, 5) is 2.25. The fourth-order valence-corrected chi connectivity index (χ4v) is 2.49. The Morgan fingerprint density at radius 3 is 2.76 bits per heavy atom. The molecule has 0 aromatic heterocycles. The van der Waals surface area contributed by atoms with Crippen LogP contribution in [0.15, 0.2) is 24.3 Å². The summed E-state index contributed by atoms with van der Waals surface area (Å²) in [6, 6.07) is 8.32. The molecule has 2 N–H and O–H groups in total. The van der Waals surface area contributed by atoms with Crippen molar-refractivity contribution in [2.24, 2.45) is 11.7 Å². The molecule has 1 aliphatic carbocycles. The van der Waals surface area contributed by atoms with Crippen LogP contribution in [0.5, 0.6) is 5.75 Å². The maximum absolute atomic E-state index is 6.00. The van der Waals surface area contributed by atoms with E-state index < -0.39 is 0 Å². The third-order valence-electron chi connectivity index (χ3n) is 3.97. The number of hydrogen-bond acceptors (Lipinski definition) is 4. The van der Waals surface area contributed by atoms with Gasteiger partial charge in [0.05, 0.1) is 19.3 Å². The Hall–Kier alpha value is -1.10. The van der Waals surface area contributed by atoms with Gasteiger partial charge in [-0.2, -0.15) is 0 Å². The molecular weight excluding hydrogens is 264 g/mol. The second-order valence-electron chi connectivity index (χ2n) is 5.72. The fourth-order valence-electron chi connectivity index (χ4n) is 2.49. The standard InChI is InChI=1S/C17H28N2O2/c1-3-21-17-7-5-4-6-15(17)16(12-18)19(2)10-11-20-13-14-8-9-14/h4-7,14,16H,3,8-13,18H2,1-2H3. The average molecular weight is 292 g/mol. The highest BCUT2D eigenvalue weighted by Gasteiger charge is 2.22. The summed E-state index contributed by atoms with van der Waals surface area (Å²) in [6.07, 6.45) is 2.67. The van der Waals surface area contributed by atoms with E-state index in [1.807, 2.05) is 25.1 Å². The number of ether oxygens (including phenoxy) is 2. The van der Waals surface area contributed by atoms with Crippen LogP contribution in [0.4, 0.5) is 0 Å². The topological polar surface area (TPSA) is 47.7 Å². The maximum Gasteiger partial charge on any atom is 0.124 e. The van der Waals surface area contributed by atoms with E-state index in [9.17, 15) is 0 Å². The van der Waals surface area contributed by atoms with Crippen LogP contribution in [0, 0.1) is 5.92 Å². The molecule has 0 saturated heterocycles. The first-order chi connectivity index (χ1) is 10.3. The fraction of sp³-hybridized carbons (Fsp3) is 0.647. The number of hydrogen-bond donors (Lipinski definition) is 1. The van der Waals surface area contributed by atoms with Crippen LogP contribution >= 0.6 is 0 Å². The van der Waals surface area contributed by atoms with Gasteiger partial charge in [0.25, 0.3) is 0 Å². The maximum atomic E-state index is 6.00. The smallest absolute Gasteiger partial charge is 0.124 e. The van der Waals surface area contributed by atoms with Crippen molar-refractivity contribution in [2.75, 3.05) is 40.0 Å². The Morgan fingerprint density at radius 2 is 2.10 bits per heavy atom. The summed E-state index contributed by atoms with van der Waals surface area (Å²) in [7, 11) is 2.10. The zero-order valence-electron chi connectivity index (χ0n) is 13.3. The highest BCUT2D eigenvalue weighted by atomic mass is 16.5.